The van der Waals surface area contributed by atoms with Crippen molar-refractivity contribution >= 4 is 5.91 Å². The maximum atomic E-state index is 13.4. The van der Waals surface area contributed by atoms with Crippen molar-refractivity contribution in [1.29, 1.82) is 0 Å². The number of piperidine rings is 1. The van der Waals surface area contributed by atoms with Gasteiger partial charge in [-0.15, -0.1) is 0 Å². The first kappa shape index (κ1) is 18.1. The molecule has 0 spiro atoms. The summed E-state index contributed by atoms with van der Waals surface area (Å²) >= 11 is 0. The van der Waals surface area contributed by atoms with Crippen molar-refractivity contribution in [2.45, 2.75) is 50.9 Å². The monoisotopic (exact) mass is 366 g/mol. The number of halogens is 1. The molecule has 1 amide bonds. The Kier molecular flexibility index (Phi) is 5.51. The van der Waals surface area contributed by atoms with E-state index in [4.69, 9.17) is 4.98 Å². The Labute approximate surface area is 160 Å². The van der Waals surface area contributed by atoms with Crippen LogP contribution in [0.15, 0.2) is 42.5 Å². The van der Waals surface area contributed by atoms with E-state index in [9.17, 15) is 9.18 Å². The lowest BCUT2D eigenvalue weighted by atomic mass is 9.92. The lowest BCUT2D eigenvalue weighted by molar-refractivity contribution is -0.136. The molecule has 2 aromatic rings. The summed E-state index contributed by atoms with van der Waals surface area (Å²) in [5, 5.41) is 0. The van der Waals surface area contributed by atoms with E-state index in [0.717, 1.165) is 55.7 Å². The van der Waals surface area contributed by atoms with E-state index in [1.807, 2.05) is 18.2 Å². The van der Waals surface area contributed by atoms with Crippen LogP contribution in [-0.2, 0) is 11.2 Å². The zero-order valence-corrected chi connectivity index (χ0v) is 15.7. The summed E-state index contributed by atoms with van der Waals surface area (Å²) in [7, 11) is 0. The zero-order valence-electron chi connectivity index (χ0n) is 15.7. The van der Waals surface area contributed by atoms with E-state index >= 15 is 0 Å². The molecule has 1 aliphatic heterocycles. The van der Waals surface area contributed by atoms with Gasteiger partial charge in [-0.2, -0.15) is 0 Å². The third kappa shape index (κ3) is 4.37. The predicted molar refractivity (Wildman–Crippen MR) is 104 cm³/mol. The highest BCUT2D eigenvalue weighted by Crippen LogP contribution is 2.31. The van der Waals surface area contributed by atoms with Crippen LogP contribution < -0.4 is 0 Å². The van der Waals surface area contributed by atoms with E-state index in [1.165, 1.54) is 18.9 Å². The quantitative estimate of drug-likeness (QED) is 0.785. The van der Waals surface area contributed by atoms with Crippen LogP contribution in [-0.4, -0.2) is 28.9 Å². The number of nitrogens with zero attached hydrogens (tertiary/aromatic N) is 2. The summed E-state index contributed by atoms with van der Waals surface area (Å²) in [5.74, 6) is 0.692. The minimum absolute atomic E-state index is 0.211. The van der Waals surface area contributed by atoms with Crippen LogP contribution in [0.2, 0.25) is 0 Å². The van der Waals surface area contributed by atoms with Gasteiger partial charge in [0, 0.05) is 42.7 Å². The fraction of sp³-hybridized carbons (Fsp3) is 0.478. The molecule has 1 saturated heterocycles. The molecule has 0 N–H and O–H groups in total. The number of carbonyl (C=O) groups excluding carboxylic acids is 1. The Hall–Kier alpha value is -2.23. The highest BCUT2D eigenvalue weighted by Gasteiger charge is 2.31. The zero-order chi connectivity index (χ0) is 18.6. The molecule has 1 aromatic carbocycles. The molecule has 2 fully saturated rings. The van der Waals surface area contributed by atoms with E-state index in [2.05, 4.69) is 11.0 Å². The van der Waals surface area contributed by atoms with Crippen LogP contribution in [0.4, 0.5) is 4.39 Å². The van der Waals surface area contributed by atoms with Crippen LogP contribution in [0, 0.1) is 11.7 Å². The SMILES string of the molecule is O=C(C1CCCC1)N1CCC[C@H](c2cccc(Cc3cccc(F)c3)n2)C1. The molecule has 2 heterocycles. The van der Waals surface area contributed by atoms with Gasteiger partial charge in [0.15, 0.2) is 0 Å². The highest BCUT2D eigenvalue weighted by molar-refractivity contribution is 5.79. The third-order valence-electron chi connectivity index (χ3n) is 5.96. The summed E-state index contributed by atoms with van der Waals surface area (Å²) in [5.41, 5.74) is 2.95. The fourth-order valence-electron chi connectivity index (χ4n) is 4.53. The minimum Gasteiger partial charge on any atom is -0.342 e. The molecule has 2 aliphatic rings. The van der Waals surface area contributed by atoms with Crippen molar-refractivity contribution in [2.24, 2.45) is 5.92 Å². The van der Waals surface area contributed by atoms with Gasteiger partial charge in [-0.05, 0) is 55.5 Å². The summed E-state index contributed by atoms with van der Waals surface area (Å²) in [6.45, 7) is 1.67. The molecule has 1 aromatic heterocycles. The topological polar surface area (TPSA) is 33.2 Å². The van der Waals surface area contributed by atoms with E-state index in [-0.39, 0.29) is 11.7 Å². The van der Waals surface area contributed by atoms with Gasteiger partial charge in [-0.1, -0.05) is 31.0 Å². The van der Waals surface area contributed by atoms with Crippen molar-refractivity contribution in [1.82, 2.24) is 9.88 Å². The number of hydrogen-bond acceptors (Lipinski definition) is 2. The van der Waals surface area contributed by atoms with E-state index in [1.54, 1.807) is 12.1 Å². The van der Waals surface area contributed by atoms with E-state index in [0.29, 0.717) is 18.2 Å². The van der Waals surface area contributed by atoms with Crippen molar-refractivity contribution in [2.75, 3.05) is 13.1 Å². The lowest BCUT2D eigenvalue weighted by Gasteiger charge is -2.34. The molecule has 4 heteroatoms. The molecule has 3 nitrogen and oxygen atoms in total. The highest BCUT2D eigenvalue weighted by atomic mass is 19.1. The molecule has 0 bridgehead atoms. The molecule has 1 aliphatic carbocycles. The second-order valence-electron chi connectivity index (χ2n) is 7.97. The van der Waals surface area contributed by atoms with Crippen molar-refractivity contribution in [3.63, 3.8) is 0 Å². The van der Waals surface area contributed by atoms with Gasteiger partial charge < -0.3 is 4.90 Å². The molecule has 0 radical (unpaired) electrons. The largest absolute Gasteiger partial charge is 0.342 e. The predicted octanol–water partition coefficient (Wildman–Crippen LogP) is 4.71. The van der Waals surface area contributed by atoms with Gasteiger partial charge in [-0.25, -0.2) is 4.39 Å². The van der Waals surface area contributed by atoms with Gasteiger partial charge in [0.25, 0.3) is 0 Å². The van der Waals surface area contributed by atoms with E-state index < -0.39 is 0 Å². The Morgan fingerprint density at radius 1 is 1.07 bits per heavy atom. The van der Waals surface area contributed by atoms with Gasteiger partial charge in [0.1, 0.15) is 5.82 Å². The number of rotatable bonds is 4. The van der Waals surface area contributed by atoms with Crippen molar-refractivity contribution in [3.05, 3.63) is 65.2 Å². The van der Waals surface area contributed by atoms with Crippen molar-refractivity contribution < 1.29 is 9.18 Å². The summed E-state index contributed by atoms with van der Waals surface area (Å²) in [4.78, 5) is 19.7. The van der Waals surface area contributed by atoms with Gasteiger partial charge in [-0.3, -0.25) is 9.78 Å². The second-order valence-corrected chi connectivity index (χ2v) is 7.97. The van der Waals surface area contributed by atoms with Crippen LogP contribution in [0.25, 0.3) is 0 Å². The Morgan fingerprint density at radius 3 is 2.70 bits per heavy atom. The Bertz CT molecular complexity index is 800. The Morgan fingerprint density at radius 2 is 1.89 bits per heavy atom. The second kappa shape index (κ2) is 8.20. The molecule has 1 saturated carbocycles. The van der Waals surface area contributed by atoms with Gasteiger partial charge in [0.2, 0.25) is 5.91 Å². The summed E-state index contributed by atoms with van der Waals surface area (Å²) < 4.78 is 13.4. The average Bonchev–Trinajstić information content (AvgIpc) is 3.23. The molecule has 4 rings (SSSR count). The van der Waals surface area contributed by atoms with Crippen LogP contribution >= 0.6 is 0 Å². The summed E-state index contributed by atoms with van der Waals surface area (Å²) in [6.07, 6.45) is 7.24. The first-order valence-electron chi connectivity index (χ1n) is 10.2. The lowest BCUT2D eigenvalue weighted by Crippen LogP contribution is -2.42. The first-order chi connectivity index (χ1) is 13.2. The molecule has 0 unspecified atom stereocenters. The maximum absolute atomic E-state index is 13.4. The van der Waals surface area contributed by atoms with Crippen LogP contribution in [0.3, 0.4) is 0 Å². The number of amides is 1. The molecule has 27 heavy (non-hydrogen) atoms. The molecule has 1 atom stereocenters. The number of aromatic nitrogens is 1. The molecular formula is C23H27FN2O. The fourth-order valence-corrected chi connectivity index (χ4v) is 4.53. The normalized spacial score (nSPS) is 20.8. The third-order valence-corrected chi connectivity index (χ3v) is 5.96. The van der Waals surface area contributed by atoms with Gasteiger partial charge >= 0.3 is 0 Å². The van der Waals surface area contributed by atoms with Crippen LogP contribution in [0.5, 0.6) is 0 Å². The maximum Gasteiger partial charge on any atom is 0.225 e. The molecular weight excluding hydrogens is 339 g/mol. The number of likely N-dealkylation sites (tertiary alicyclic amines) is 1. The number of hydrogen-bond donors (Lipinski definition) is 0. The number of carbonyl (C=O) groups is 1. The first-order valence-corrected chi connectivity index (χ1v) is 10.2. The smallest absolute Gasteiger partial charge is 0.225 e. The minimum atomic E-state index is -0.211. The van der Waals surface area contributed by atoms with Crippen LogP contribution in [0.1, 0.15) is 61.4 Å². The average molecular weight is 366 g/mol. The summed E-state index contributed by atoms with van der Waals surface area (Å²) in [6, 6.07) is 12.8. The standard InChI is InChI=1S/C23H27FN2O/c24-20-10-3-6-17(14-20)15-21-11-4-12-22(25-21)19-9-5-13-26(16-19)23(27)18-7-1-2-8-18/h3-4,6,10-12,14,18-19H,1-2,5,7-9,13,15-16H2/t19-/m0/s1. The van der Waals surface area contributed by atoms with Gasteiger partial charge in [0.05, 0.1) is 0 Å². The van der Waals surface area contributed by atoms with Crippen molar-refractivity contribution in [3.8, 4) is 0 Å². The number of benzene rings is 1. The molecule has 142 valence electrons. The number of pyridine rings is 1. The Balaban J connectivity index is 1.45.